The molecule has 5 nitrogen and oxygen atoms in total. The average molecular weight is 429 g/mol. The van der Waals surface area contributed by atoms with Gasteiger partial charge in [0, 0.05) is 24.5 Å². The Morgan fingerprint density at radius 3 is 2.52 bits per heavy atom. The summed E-state index contributed by atoms with van der Waals surface area (Å²) in [6.07, 6.45) is 2.02. The lowest BCUT2D eigenvalue weighted by Gasteiger charge is -2.15. The fourth-order valence-electron chi connectivity index (χ4n) is 2.96. The van der Waals surface area contributed by atoms with Crippen LogP contribution in [0.4, 0.5) is 4.79 Å². The van der Waals surface area contributed by atoms with Crippen LogP contribution in [0.3, 0.4) is 0 Å². The SMILES string of the molecule is CC(CC(=O)NCCN1C(=O)S/C(=C\c2ccc(Cl)cc2)C1=O)c1ccccc1. The predicted octanol–water partition coefficient (Wildman–Crippen LogP) is 4.69. The molecule has 2 aromatic carbocycles. The zero-order chi connectivity index (χ0) is 20.8. The van der Waals surface area contributed by atoms with Crippen molar-refractivity contribution in [3.05, 3.63) is 75.7 Å². The maximum atomic E-state index is 12.5. The number of nitrogens with one attached hydrogen (secondary N) is 1. The Morgan fingerprint density at radius 1 is 1.14 bits per heavy atom. The summed E-state index contributed by atoms with van der Waals surface area (Å²) in [4.78, 5) is 38.4. The Labute approximate surface area is 179 Å². The number of imide groups is 1. The van der Waals surface area contributed by atoms with E-state index in [-0.39, 0.29) is 36.1 Å². The summed E-state index contributed by atoms with van der Waals surface area (Å²) in [5.74, 6) is -0.359. The highest BCUT2D eigenvalue weighted by molar-refractivity contribution is 8.18. The molecule has 0 bridgehead atoms. The maximum absolute atomic E-state index is 12.5. The number of rotatable bonds is 7. The van der Waals surface area contributed by atoms with Crippen LogP contribution >= 0.6 is 23.4 Å². The first-order valence-corrected chi connectivity index (χ1v) is 10.5. The van der Waals surface area contributed by atoms with Crippen LogP contribution in [0, 0.1) is 0 Å². The summed E-state index contributed by atoms with van der Waals surface area (Å²) in [6.45, 7) is 2.37. The van der Waals surface area contributed by atoms with Gasteiger partial charge in [0.05, 0.1) is 4.91 Å². The predicted molar refractivity (Wildman–Crippen MR) is 117 cm³/mol. The minimum absolute atomic E-state index is 0.0933. The Morgan fingerprint density at radius 2 is 1.83 bits per heavy atom. The van der Waals surface area contributed by atoms with Gasteiger partial charge in [0.2, 0.25) is 5.91 Å². The number of carbonyl (C=O) groups excluding carboxylic acids is 3. The molecule has 1 aliphatic rings. The highest BCUT2D eigenvalue weighted by Crippen LogP contribution is 2.32. The second-order valence-electron chi connectivity index (χ2n) is 6.75. The number of carbonyl (C=O) groups is 3. The van der Waals surface area contributed by atoms with E-state index in [4.69, 9.17) is 11.6 Å². The van der Waals surface area contributed by atoms with Crippen LogP contribution in [0.1, 0.15) is 30.4 Å². The van der Waals surface area contributed by atoms with Gasteiger partial charge < -0.3 is 5.32 Å². The number of hydrogen-bond acceptors (Lipinski definition) is 4. The zero-order valence-electron chi connectivity index (χ0n) is 15.9. The van der Waals surface area contributed by atoms with Gasteiger partial charge in [-0.1, -0.05) is 61.0 Å². The van der Waals surface area contributed by atoms with Crippen molar-refractivity contribution in [2.75, 3.05) is 13.1 Å². The van der Waals surface area contributed by atoms with Crippen molar-refractivity contribution < 1.29 is 14.4 Å². The Bertz CT molecular complexity index is 929. The van der Waals surface area contributed by atoms with Gasteiger partial charge in [-0.15, -0.1) is 0 Å². The summed E-state index contributed by atoms with van der Waals surface area (Å²) in [5, 5.41) is 3.07. The second kappa shape index (κ2) is 9.76. The smallest absolute Gasteiger partial charge is 0.293 e. The van der Waals surface area contributed by atoms with E-state index in [1.165, 1.54) is 0 Å². The zero-order valence-corrected chi connectivity index (χ0v) is 17.5. The molecule has 29 heavy (non-hydrogen) atoms. The van der Waals surface area contributed by atoms with E-state index >= 15 is 0 Å². The third-order valence-corrected chi connectivity index (χ3v) is 5.72. The molecule has 2 aromatic rings. The fourth-order valence-corrected chi connectivity index (χ4v) is 3.95. The number of thioether (sulfide) groups is 1. The van der Waals surface area contributed by atoms with Crippen molar-refractivity contribution in [3.8, 4) is 0 Å². The highest BCUT2D eigenvalue weighted by atomic mass is 35.5. The van der Waals surface area contributed by atoms with Crippen molar-refractivity contribution in [2.45, 2.75) is 19.3 Å². The first-order chi connectivity index (χ1) is 13.9. The van der Waals surface area contributed by atoms with Crippen molar-refractivity contribution in [1.29, 1.82) is 0 Å². The van der Waals surface area contributed by atoms with Crippen molar-refractivity contribution in [3.63, 3.8) is 0 Å². The van der Waals surface area contributed by atoms with Gasteiger partial charge >= 0.3 is 0 Å². The molecular formula is C22H21ClN2O3S. The summed E-state index contributed by atoms with van der Waals surface area (Å²) in [7, 11) is 0. The topological polar surface area (TPSA) is 66.5 Å². The molecule has 1 unspecified atom stereocenters. The van der Waals surface area contributed by atoms with E-state index in [9.17, 15) is 14.4 Å². The van der Waals surface area contributed by atoms with Gasteiger partial charge in [0.25, 0.3) is 11.1 Å². The molecule has 3 rings (SSSR count). The third-order valence-electron chi connectivity index (χ3n) is 4.56. The third kappa shape index (κ3) is 5.71. The molecule has 0 aliphatic carbocycles. The summed E-state index contributed by atoms with van der Waals surface area (Å²) in [5.41, 5.74) is 1.89. The van der Waals surface area contributed by atoms with Crippen LogP contribution in [0.15, 0.2) is 59.5 Å². The van der Waals surface area contributed by atoms with E-state index in [1.807, 2.05) is 37.3 Å². The van der Waals surface area contributed by atoms with Crippen molar-refractivity contribution in [2.24, 2.45) is 0 Å². The number of hydrogen-bond donors (Lipinski definition) is 1. The molecular weight excluding hydrogens is 408 g/mol. The van der Waals surface area contributed by atoms with Gasteiger partial charge in [-0.25, -0.2) is 0 Å². The number of nitrogens with zero attached hydrogens (tertiary/aromatic N) is 1. The lowest BCUT2D eigenvalue weighted by molar-refractivity contribution is -0.124. The van der Waals surface area contributed by atoms with Crippen LogP contribution < -0.4 is 5.32 Å². The number of amides is 3. The highest BCUT2D eigenvalue weighted by Gasteiger charge is 2.34. The van der Waals surface area contributed by atoms with Gasteiger partial charge in [0.1, 0.15) is 0 Å². The van der Waals surface area contributed by atoms with Crippen molar-refractivity contribution >= 4 is 46.5 Å². The second-order valence-corrected chi connectivity index (χ2v) is 8.18. The van der Waals surface area contributed by atoms with E-state index in [2.05, 4.69) is 5.32 Å². The molecule has 150 valence electrons. The number of halogens is 1. The number of benzene rings is 2. The normalized spacial score (nSPS) is 16.3. The van der Waals surface area contributed by atoms with E-state index in [0.717, 1.165) is 27.8 Å². The molecule has 0 aromatic heterocycles. The molecule has 1 aliphatic heterocycles. The molecule has 7 heteroatoms. The molecule has 3 amide bonds. The fraction of sp³-hybridized carbons (Fsp3) is 0.227. The summed E-state index contributed by atoms with van der Waals surface area (Å²) in [6, 6.07) is 16.8. The van der Waals surface area contributed by atoms with E-state index < -0.39 is 0 Å². The Balaban J connectivity index is 1.50. The van der Waals surface area contributed by atoms with Gasteiger partial charge in [-0.05, 0) is 47.0 Å². The summed E-state index contributed by atoms with van der Waals surface area (Å²) < 4.78 is 0. The quantitative estimate of drug-likeness (QED) is 0.650. The Kier molecular flexibility index (Phi) is 7.12. The standard InChI is InChI=1S/C22H21ClN2O3S/c1-15(17-5-3-2-4-6-17)13-20(26)24-11-12-25-21(27)19(29-22(25)28)14-16-7-9-18(23)10-8-16/h2-10,14-15H,11-13H2,1H3,(H,24,26)/b19-14-. The van der Waals surface area contributed by atoms with Crippen LogP contribution in [0.2, 0.25) is 5.02 Å². The van der Waals surface area contributed by atoms with Gasteiger partial charge in [0.15, 0.2) is 0 Å². The Hall–Kier alpha value is -2.57. The maximum Gasteiger partial charge on any atom is 0.293 e. The molecule has 1 fully saturated rings. The monoisotopic (exact) mass is 428 g/mol. The lowest BCUT2D eigenvalue weighted by atomic mass is 9.98. The lowest BCUT2D eigenvalue weighted by Crippen LogP contribution is -2.37. The first kappa shape index (κ1) is 21.1. The minimum atomic E-state index is -0.346. The van der Waals surface area contributed by atoms with Crippen LogP contribution in [-0.4, -0.2) is 35.0 Å². The van der Waals surface area contributed by atoms with Gasteiger partial charge in [-0.2, -0.15) is 0 Å². The molecule has 0 radical (unpaired) electrons. The molecule has 0 spiro atoms. The van der Waals surface area contributed by atoms with E-state index in [0.29, 0.717) is 16.3 Å². The molecule has 1 saturated heterocycles. The largest absolute Gasteiger partial charge is 0.354 e. The minimum Gasteiger partial charge on any atom is -0.354 e. The van der Waals surface area contributed by atoms with Crippen LogP contribution in [0.5, 0.6) is 0 Å². The molecule has 1 atom stereocenters. The van der Waals surface area contributed by atoms with Crippen LogP contribution in [-0.2, 0) is 9.59 Å². The molecule has 0 saturated carbocycles. The van der Waals surface area contributed by atoms with Crippen LogP contribution in [0.25, 0.3) is 6.08 Å². The molecule has 1 heterocycles. The average Bonchev–Trinajstić information content (AvgIpc) is 2.97. The van der Waals surface area contributed by atoms with Gasteiger partial charge in [-0.3, -0.25) is 19.3 Å². The van der Waals surface area contributed by atoms with Crippen molar-refractivity contribution in [1.82, 2.24) is 10.2 Å². The summed E-state index contributed by atoms with van der Waals surface area (Å²) >= 11 is 6.76. The van der Waals surface area contributed by atoms with E-state index in [1.54, 1.807) is 30.3 Å². The first-order valence-electron chi connectivity index (χ1n) is 9.26. The molecule has 1 N–H and O–H groups in total.